The molecule has 0 N–H and O–H groups in total. The third kappa shape index (κ3) is 2.50. The smallest absolute Gasteiger partial charge is 0.394 e. The molecule has 3 nitrogen and oxygen atoms in total. The monoisotopic (exact) mass is 322 g/mol. The van der Waals surface area contributed by atoms with Crippen LogP contribution in [-0.4, -0.2) is 0 Å². The van der Waals surface area contributed by atoms with Crippen LogP contribution in [0.5, 0.6) is 0 Å². The van der Waals surface area contributed by atoms with E-state index in [0.717, 1.165) is 12.1 Å². The summed E-state index contributed by atoms with van der Waals surface area (Å²) in [5.41, 5.74) is -0.416. The molecule has 0 saturated heterocycles. The van der Waals surface area contributed by atoms with E-state index in [1.165, 1.54) is 12.1 Å². The molecule has 0 radical (unpaired) electrons. The first-order valence-corrected chi connectivity index (χ1v) is 5.90. The highest BCUT2D eigenvalue weighted by Gasteiger charge is 2.30. The Hall–Kier alpha value is -1.50. The fourth-order valence-corrected chi connectivity index (χ4v) is 1.80. The second-order valence-electron chi connectivity index (χ2n) is 3.42. The van der Waals surface area contributed by atoms with Crippen LogP contribution in [0.25, 0.3) is 11.3 Å². The maximum Gasteiger partial charge on any atom is 0.519 e. The Morgan fingerprint density at radius 2 is 1.72 bits per heavy atom. The summed E-state index contributed by atoms with van der Waals surface area (Å²) in [4.78, 5) is 10.9. The van der Waals surface area contributed by atoms with Gasteiger partial charge in [0.15, 0.2) is 11.5 Å². The molecule has 0 spiro atoms. The quantitative estimate of drug-likeness (QED) is 0.789. The molecule has 1 aromatic carbocycles. The minimum atomic E-state index is -4.39. The molecule has 0 saturated carbocycles. The third-order valence-corrected chi connectivity index (χ3v) is 2.75. The van der Waals surface area contributed by atoms with Gasteiger partial charge in [0, 0.05) is 5.56 Å². The van der Waals surface area contributed by atoms with Crippen LogP contribution in [-0.2, 0) is 11.5 Å². The Balaban J connectivity index is 2.43. The lowest BCUT2D eigenvalue weighted by molar-refractivity contribution is -0.137. The largest absolute Gasteiger partial charge is 0.519 e. The van der Waals surface area contributed by atoms with E-state index in [4.69, 9.17) is 8.83 Å². The second kappa shape index (κ2) is 4.64. The van der Waals surface area contributed by atoms with Gasteiger partial charge >= 0.3 is 12.0 Å². The molecule has 0 fully saturated rings. The van der Waals surface area contributed by atoms with Crippen LogP contribution in [0.2, 0.25) is 0 Å². The molecule has 2 rings (SSSR count). The normalized spacial score (nSPS) is 11.8. The molecule has 0 amide bonds. The van der Waals surface area contributed by atoms with E-state index in [1.54, 1.807) is 0 Å². The van der Waals surface area contributed by atoms with E-state index < -0.39 is 17.6 Å². The van der Waals surface area contributed by atoms with Gasteiger partial charge in [0.2, 0.25) is 0 Å². The first kappa shape index (κ1) is 12.9. The number of alkyl halides is 4. The molecule has 0 aliphatic carbocycles. The summed E-state index contributed by atoms with van der Waals surface area (Å²) in [6, 6.07) is 4.28. The summed E-state index contributed by atoms with van der Waals surface area (Å²) in [7, 11) is 0. The van der Waals surface area contributed by atoms with E-state index in [0.29, 0.717) is 5.56 Å². The topological polar surface area (TPSA) is 43.4 Å². The maximum atomic E-state index is 12.4. The van der Waals surface area contributed by atoms with Crippen molar-refractivity contribution < 1.29 is 22.0 Å². The molecule has 0 aliphatic heterocycles. The third-order valence-electron chi connectivity index (χ3n) is 2.24. The zero-order chi connectivity index (χ0) is 13.3. The maximum absolute atomic E-state index is 12.4. The van der Waals surface area contributed by atoms with Crippen molar-refractivity contribution in [3.05, 3.63) is 46.2 Å². The van der Waals surface area contributed by atoms with E-state index in [9.17, 15) is 18.0 Å². The molecule has 18 heavy (non-hydrogen) atoms. The average molecular weight is 323 g/mol. The van der Waals surface area contributed by atoms with Crippen LogP contribution in [0.4, 0.5) is 13.2 Å². The molecule has 96 valence electrons. The zero-order valence-electron chi connectivity index (χ0n) is 8.75. The van der Waals surface area contributed by atoms with Gasteiger partial charge in [-0.3, -0.25) is 0 Å². The van der Waals surface area contributed by atoms with Crippen molar-refractivity contribution >= 4 is 15.9 Å². The Morgan fingerprint density at radius 3 is 2.22 bits per heavy atom. The van der Waals surface area contributed by atoms with E-state index in [2.05, 4.69) is 15.9 Å². The molecule has 0 aliphatic rings. The van der Waals surface area contributed by atoms with E-state index in [1.807, 2.05) is 0 Å². The van der Waals surface area contributed by atoms with Gasteiger partial charge < -0.3 is 8.83 Å². The lowest BCUT2D eigenvalue weighted by Crippen LogP contribution is -2.04. The van der Waals surface area contributed by atoms with Gasteiger partial charge in [-0.2, -0.15) is 13.2 Å². The van der Waals surface area contributed by atoms with Crippen LogP contribution in [0.15, 0.2) is 37.9 Å². The average Bonchev–Trinajstić information content (AvgIpc) is 2.69. The van der Waals surface area contributed by atoms with Crippen molar-refractivity contribution in [3.63, 3.8) is 0 Å². The van der Waals surface area contributed by atoms with Crippen molar-refractivity contribution in [2.45, 2.75) is 11.5 Å². The molecule has 7 heteroatoms. The minimum absolute atomic E-state index is 0.130. The first-order valence-electron chi connectivity index (χ1n) is 4.78. The van der Waals surface area contributed by atoms with Crippen LogP contribution in [0, 0.1) is 0 Å². The van der Waals surface area contributed by atoms with Crippen molar-refractivity contribution in [1.82, 2.24) is 0 Å². The van der Waals surface area contributed by atoms with Crippen molar-refractivity contribution in [1.29, 1.82) is 0 Å². The lowest BCUT2D eigenvalue weighted by Gasteiger charge is -2.06. The highest BCUT2D eigenvalue weighted by atomic mass is 79.9. The van der Waals surface area contributed by atoms with Gasteiger partial charge in [-0.05, 0) is 12.1 Å². The highest BCUT2D eigenvalue weighted by Crippen LogP contribution is 2.31. The number of hydrogen-bond donors (Lipinski definition) is 0. The number of hydrogen-bond acceptors (Lipinski definition) is 3. The standard InChI is InChI=1S/C11H6BrF3O3/c12-5-8-9(18-10(16)17-8)6-1-3-7(4-2-6)11(13,14)15/h1-4H,5H2. The SMILES string of the molecule is O=c1oc(CBr)c(-c2ccc(C(F)(F)F)cc2)o1. The molecule has 1 aromatic heterocycles. The Kier molecular flexibility index (Phi) is 3.34. The van der Waals surface area contributed by atoms with Crippen LogP contribution in [0.1, 0.15) is 11.3 Å². The van der Waals surface area contributed by atoms with Gasteiger partial charge in [0.1, 0.15) is 0 Å². The van der Waals surface area contributed by atoms with E-state index in [-0.39, 0.29) is 16.9 Å². The number of benzene rings is 1. The van der Waals surface area contributed by atoms with Crippen LogP contribution >= 0.6 is 15.9 Å². The Bertz CT molecular complexity index is 595. The summed E-state index contributed by atoms with van der Waals surface area (Å²) < 4.78 is 46.6. The highest BCUT2D eigenvalue weighted by molar-refractivity contribution is 9.08. The summed E-state index contributed by atoms with van der Waals surface area (Å²) in [5.74, 6) is -0.523. The zero-order valence-corrected chi connectivity index (χ0v) is 10.3. The predicted molar refractivity (Wildman–Crippen MR) is 60.3 cm³/mol. The van der Waals surface area contributed by atoms with Crippen LogP contribution < -0.4 is 5.82 Å². The van der Waals surface area contributed by atoms with Crippen LogP contribution in [0.3, 0.4) is 0 Å². The van der Waals surface area contributed by atoms with Gasteiger partial charge in [0.05, 0.1) is 10.9 Å². The Labute approximate surface area is 107 Å². The van der Waals surface area contributed by atoms with Crippen molar-refractivity contribution in [2.24, 2.45) is 0 Å². The van der Waals surface area contributed by atoms with Gasteiger partial charge in [-0.15, -0.1) is 0 Å². The second-order valence-corrected chi connectivity index (χ2v) is 3.98. The molecule has 0 atom stereocenters. The molecular weight excluding hydrogens is 317 g/mol. The summed E-state index contributed by atoms with van der Waals surface area (Å²) in [6.07, 6.45) is -4.39. The van der Waals surface area contributed by atoms with E-state index >= 15 is 0 Å². The fraction of sp³-hybridized carbons (Fsp3) is 0.182. The van der Waals surface area contributed by atoms with Gasteiger partial charge in [-0.1, -0.05) is 28.1 Å². The van der Waals surface area contributed by atoms with Crippen molar-refractivity contribution in [3.8, 4) is 11.3 Å². The summed E-state index contributed by atoms with van der Waals surface area (Å²) >= 11 is 3.09. The minimum Gasteiger partial charge on any atom is -0.394 e. The van der Waals surface area contributed by atoms with Gasteiger partial charge in [-0.25, -0.2) is 4.79 Å². The molecular formula is C11H6BrF3O3. The first-order chi connectivity index (χ1) is 8.41. The van der Waals surface area contributed by atoms with Gasteiger partial charge in [0.25, 0.3) is 0 Å². The predicted octanol–water partition coefficient (Wildman–Crippen LogP) is 3.81. The summed E-state index contributed by atoms with van der Waals surface area (Å²) in [5, 5.41) is 0.231. The lowest BCUT2D eigenvalue weighted by atomic mass is 10.1. The molecule has 1 heterocycles. The number of rotatable bonds is 2. The molecule has 2 aromatic rings. The van der Waals surface area contributed by atoms with Crippen molar-refractivity contribution in [2.75, 3.05) is 0 Å². The number of halogens is 4. The molecule has 0 bridgehead atoms. The summed E-state index contributed by atoms with van der Waals surface area (Å²) in [6.45, 7) is 0. The fourth-order valence-electron chi connectivity index (χ4n) is 1.43. The molecule has 0 unspecified atom stereocenters. The Morgan fingerprint density at radius 1 is 1.11 bits per heavy atom.